The maximum absolute atomic E-state index is 5.90. The van der Waals surface area contributed by atoms with Gasteiger partial charge in [0, 0.05) is 0 Å². The zero-order valence-electron chi connectivity index (χ0n) is 12.9. The van der Waals surface area contributed by atoms with Crippen LogP contribution in [0.5, 0.6) is 0 Å². The number of rotatable bonds is 2. The van der Waals surface area contributed by atoms with E-state index in [2.05, 4.69) is 45.2 Å². The zero-order valence-corrected chi connectivity index (χ0v) is 16.6. The molecule has 1 aromatic heterocycles. The maximum atomic E-state index is 5.90. The Morgan fingerprint density at radius 3 is 2.48 bits per heavy atom. The van der Waals surface area contributed by atoms with Crippen molar-refractivity contribution in [3.63, 3.8) is 0 Å². The van der Waals surface area contributed by atoms with Crippen molar-refractivity contribution < 1.29 is 0 Å². The van der Waals surface area contributed by atoms with Crippen molar-refractivity contribution in [2.45, 2.75) is 21.7 Å². The van der Waals surface area contributed by atoms with Crippen molar-refractivity contribution in [3.05, 3.63) is 42.0 Å². The molecule has 4 heteroatoms. The predicted octanol–water partition coefficient (Wildman–Crippen LogP) is 4.40. The van der Waals surface area contributed by atoms with Gasteiger partial charge in [-0.1, -0.05) is 0 Å². The van der Waals surface area contributed by atoms with Gasteiger partial charge in [0.15, 0.2) is 0 Å². The predicted molar refractivity (Wildman–Crippen MR) is 97.2 cm³/mol. The molecule has 0 fully saturated rings. The normalized spacial score (nSPS) is 12.0. The second-order valence-corrected chi connectivity index (χ2v) is 22.0. The first-order chi connectivity index (χ1) is 9.84. The summed E-state index contributed by atoms with van der Waals surface area (Å²) in [6.45, 7) is 2.04. The van der Waals surface area contributed by atoms with Gasteiger partial charge in [-0.05, 0) is 0 Å². The van der Waals surface area contributed by atoms with Gasteiger partial charge in [0.2, 0.25) is 0 Å². The quantitative estimate of drug-likeness (QED) is 0.509. The molecule has 0 amide bonds. The molecule has 0 radical (unpaired) electrons. The molecule has 0 aliphatic rings. The van der Waals surface area contributed by atoms with Crippen LogP contribution in [-0.2, 0) is 0 Å². The average molecular weight is 403 g/mol. The first-order valence-corrected chi connectivity index (χ1v) is 17.9. The zero-order chi connectivity index (χ0) is 15.2. The van der Waals surface area contributed by atoms with E-state index in [1.165, 1.54) is 8.28 Å². The molecule has 0 aliphatic heterocycles. The summed E-state index contributed by atoms with van der Waals surface area (Å²) in [6, 6.07) is 13.0. The monoisotopic (exact) mass is 404 g/mol. The fraction of sp³-hybridized carbons (Fsp3) is 0.235. The molecule has 3 aromatic rings. The van der Waals surface area contributed by atoms with Gasteiger partial charge in [0.1, 0.15) is 0 Å². The van der Waals surface area contributed by atoms with Gasteiger partial charge < -0.3 is 0 Å². The van der Waals surface area contributed by atoms with Crippen LogP contribution in [-0.4, -0.2) is 23.4 Å². The van der Waals surface area contributed by atoms with Crippen LogP contribution in [0.1, 0.15) is 5.56 Å². The van der Waals surface area contributed by atoms with Crippen molar-refractivity contribution in [1.29, 1.82) is 0 Å². The Hall–Kier alpha value is -1.07. The van der Waals surface area contributed by atoms with Crippen LogP contribution in [0.25, 0.3) is 20.8 Å². The van der Waals surface area contributed by atoms with Crippen LogP contribution < -0.4 is 9.31 Å². The summed E-state index contributed by atoms with van der Waals surface area (Å²) in [5.74, 6) is 0. The van der Waals surface area contributed by atoms with Crippen LogP contribution in [0.3, 0.4) is 0 Å². The number of nitrogens with two attached hydrogens (primary N) is 1. The average Bonchev–Trinajstić information content (AvgIpc) is 2.83. The number of benzene rings is 2. The van der Waals surface area contributed by atoms with E-state index in [4.69, 9.17) is 10.7 Å². The van der Waals surface area contributed by atoms with Gasteiger partial charge in [-0.3, -0.25) is 0 Å². The molecule has 108 valence electrons. The third kappa shape index (κ3) is 2.94. The van der Waals surface area contributed by atoms with Gasteiger partial charge in [0.05, 0.1) is 0 Å². The molecule has 2 aromatic carbocycles. The molecular weight excluding hydrogens is 383 g/mol. The van der Waals surface area contributed by atoms with E-state index >= 15 is 0 Å². The molecule has 2 N–H and O–H groups in total. The Labute approximate surface area is 133 Å². The summed E-state index contributed by atoms with van der Waals surface area (Å²) in [6.07, 6.45) is 0. The summed E-state index contributed by atoms with van der Waals surface area (Å²) >= 11 is -0.269. The minimum atomic E-state index is -2.02. The number of fused-ring (bicyclic) bond motifs is 1. The molecule has 1 heterocycles. The first kappa shape index (κ1) is 14.8. The molecule has 0 saturated heterocycles. The first-order valence-electron chi connectivity index (χ1n) is 7.12. The number of thiazole rings is 1. The van der Waals surface area contributed by atoms with Gasteiger partial charge >= 0.3 is 134 Å². The topological polar surface area (TPSA) is 38.9 Å². The number of anilines is 1. The summed E-state index contributed by atoms with van der Waals surface area (Å²) in [7, 11) is 0. The molecule has 3 rings (SSSR count). The van der Waals surface area contributed by atoms with E-state index in [0.717, 1.165) is 27.3 Å². The Morgan fingerprint density at radius 1 is 1.05 bits per heavy atom. The van der Waals surface area contributed by atoms with Crippen LogP contribution >= 0.6 is 11.3 Å². The Morgan fingerprint density at radius 2 is 1.81 bits per heavy atom. The Bertz CT molecular complexity index is 815. The number of hydrogen-bond acceptors (Lipinski definition) is 3. The van der Waals surface area contributed by atoms with Crippen LogP contribution in [0.4, 0.5) is 5.69 Å². The minimum absolute atomic E-state index is 0.837. The molecule has 0 atom stereocenters. The number of aromatic nitrogens is 1. The van der Waals surface area contributed by atoms with Gasteiger partial charge in [-0.25, -0.2) is 0 Å². The molecule has 0 unspecified atom stereocenters. The van der Waals surface area contributed by atoms with Crippen molar-refractivity contribution in [1.82, 2.24) is 4.98 Å². The third-order valence-corrected chi connectivity index (χ3v) is 10.7. The van der Waals surface area contributed by atoms with E-state index < -0.39 is 18.4 Å². The SMILES string of the molecule is Cc1cc(-c2nc3c[c]([Sn]([CH3])([CH3])[CH3])ccc3s2)ccc1N. The van der Waals surface area contributed by atoms with Crippen LogP contribution in [0, 0.1) is 6.92 Å². The summed E-state index contributed by atoms with van der Waals surface area (Å²) < 4.78 is 2.79. The second-order valence-electron chi connectivity index (χ2n) is 6.52. The molecule has 0 aliphatic carbocycles. The van der Waals surface area contributed by atoms with Gasteiger partial charge in [-0.15, -0.1) is 0 Å². The summed E-state index contributed by atoms with van der Waals surface area (Å²) in [5, 5.41) is 1.08. The fourth-order valence-corrected chi connectivity index (χ4v) is 6.56. The number of hydrogen-bond donors (Lipinski definition) is 1. The molecule has 0 bridgehead atoms. The standard InChI is InChI=1S/C14H11N2S.3CH3.Sn/c1-9-8-10(6-7-11(9)15)14-16-12-4-2-3-5-13(12)17-14;;;;/h3-8H,15H2,1H3;3*1H3;. The van der Waals surface area contributed by atoms with E-state index in [-0.39, 0.29) is 0 Å². The van der Waals surface area contributed by atoms with Crippen molar-refractivity contribution >= 4 is 49.2 Å². The van der Waals surface area contributed by atoms with Crippen LogP contribution in [0.15, 0.2) is 36.4 Å². The third-order valence-electron chi connectivity index (χ3n) is 3.77. The fourth-order valence-electron chi connectivity index (χ4n) is 2.33. The van der Waals surface area contributed by atoms with Gasteiger partial charge in [-0.2, -0.15) is 0 Å². The van der Waals surface area contributed by atoms with Gasteiger partial charge in [0.25, 0.3) is 0 Å². The molecular formula is C17H20N2SSn. The van der Waals surface area contributed by atoms with E-state index in [0.29, 0.717) is 0 Å². The summed E-state index contributed by atoms with van der Waals surface area (Å²) in [4.78, 5) is 12.2. The van der Waals surface area contributed by atoms with Crippen molar-refractivity contribution in [3.8, 4) is 10.6 Å². The van der Waals surface area contributed by atoms with Crippen molar-refractivity contribution in [2.75, 3.05) is 5.73 Å². The van der Waals surface area contributed by atoms with E-state index in [9.17, 15) is 0 Å². The Balaban J connectivity index is 2.10. The number of nitrogen functional groups attached to an aromatic ring is 1. The number of aryl methyl sites for hydroxylation is 1. The van der Waals surface area contributed by atoms with Crippen molar-refractivity contribution in [2.24, 2.45) is 0 Å². The molecule has 21 heavy (non-hydrogen) atoms. The number of nitrogens with zero attached hydrogens (tertiary/aromatic N) is 1. The molecule has 0 spiro atoms. The molecule has 2 nitrogen and oxygen atoms in total. The van der Waals surface area contributed by atoms with E-state index in [1.807, 2.05) is 13.0 Å². The van der Waals surface area contributed by atoms with Crippen LogP contribution in [0.2, 0.25) is 14.8 Å². The Kier molecular flexibility index (Phi) is 3.74. The second kappa shape index (κ2) is 5.29. The molecule has 0 saturated carbocycles. The summed E-state index contributed by atoms with van der Waals surface area (Å²) in [5.41, 5.74) is 10.1. The van der Waals surface area contributed by atoms with E-state index in [1.54, 1.807) is 11.3 Å².